The van der Waals surface area contributed by atoms with Gasteiger partial charge in [0.25, 0.3) is 11.8 Å². The van der Waals surface area contributed by atoms with Gasteiger partial charge in [-0.25, -0.2) is 0 Å². The van der Waals surface area contributed by atoms with Gasteiger partial charge >= 0.3 is 0 Å². The van der Waals surface area contributed by atoms with Crippen molar-refractivity contribution in [1.29, 1.82) is 0 Å². The highest BCUT2D eigenvalue weighted by molar-refractivity contribution is 6.04. The standard InChI is InChI=1S/C51H64N6O11/c1-7-35-20-39-28-52-44-26-48(46(62-5)24-42(44)50(59)56(39)30-35)67-32-37-22-41(66-15-13-55(11-9-10-34(3)58)12-14-64-18-19-65-17-16-61-4)23-38(54-37)33-68-49-27-45-43(25-47(49)63-6)51(60)57-31-36(8-2)21-40(57)29-53-45/h7-8,22-29,39-40H,9-21,30-33H2,1-6H3/b35-7+,36-8+/t39-,40-/m0/s1. The second kappa shape index (κ2) is 24.2. The number of carbonyl (C=O) groups is 3. The Morgan fingerprint density at radius 3 is 1.68 bits per heavy atom. The molecule has 0 bridgehead atoms. The molecule has 1 aromatic heterocycles. The average molecular weight is 937 g/mol. The summed E-state index contributed by atoms with van der Waals surface area (Å²) < 4.78 is 47.1. The van der Waals surface area contributed by atoms with Gasteiger partial charge in [-0.15, -0.1) is 0 Å². The molecule has 0 unspecified atom stereocenters. The van der Waals surface area contributed by atoms with E-state index in [0.29, 0.717) is 141 Å². The van der Waals surface area contributed by atoms with E-state index in [-0.39, 0.29) is 42.9 Å². The number of allylic oxidation sites excluding steroid dienone is 2. The van der Waals surface area contributed by atoms with Crippen LogP contribution in [0.2, 0.25) is 0 Å². The largest absolute Gasteiger partial charge is 0.493 e. The minimum absolute atomic E-state index is 0.0195. The van der Waals surface area contributed by atoms with Crippen molar-refractivity contribution in [2.45, 2.75) is 71.8 Å². The maximum atomic E-state index is 13.7. The number of hydrogen-bond donors (Lipinski definition) is 0. The van der Waals surface area contributed by atoms with Gasteiger partial charge in [-0.3, -0.25) is 29.5 Å². The number of aliphatic imine (C=N–C) groups is 2. The van der Waals surface area contributed by atoms with Crippen LogP contribution in [0.5, 0.6) is 28.7 Å². The van der Waals surface area contributed by atoms with Gasteiger partial charge in [0.15, 0.2) is 23.0 Å². The lowest BCUT2D eigenvalue weighted by Gasteiger charge is -2.22. The van der Waals surface area contributed by atoms with Crippen LogP contribution in [-0.4, -0.2) is 155 Å². The van der Waals surface area contributed by atoms with Gasteiger partial charge in [-0.05, 0) is 58.7 Å². The molecule has 5 heterocycles. The number of methoxy groups -OCH3 is 3. The number of fused-ring (bicyclic) bond motifs is 4. The summed E-state index contributed by atoms with van der Waals surface area (Å²) in [6, 6.07) is 10.2. The van der Waals surface area contributed by atoms with Gasteiger partial charge in [0, 0.05) is 76.4 Å². The Balaban J connectivity index is 1.09. The third-order valence-corrected chi connectivity index (χ3v) is 12.3. The molecule has 0 saturated carbocycles. The van der Waals surface area contributed by atoms with E-state index in [1.165, 1.54) is 25.4 Å². The predicted molar refractivity (Wildman–Crippen MR) is 257 cm³/mol. The first-order valence-electron chi connectivity index (χ1n) is 23.3. The number of rotatable bonds is 25. The fourth-order valence-corrected chi connectivity index (χ4v) is 8.52. The molecule has 68 heavy (non-hydrogen) atoms. The van der Waals surface area contributed by atoms with E-state index in [4.69, 9.17) is 52.9 Å². The van der Waals surface area contributed by atoms with Gasteiger partial charge in [0.2, 0.25) is 0 Å². The highest BCUT2D eigenvalue weighted by atomic mass is 16.5. The van der Waals surface area contributed by atoms with Crippen LogP contribution in [0.1, 0.15) is 78.6 Å². The first kappa shape index (κ1) is 49.8. The summed E-state index contributed by atoms with van der Waals surface area (Å²) in [6.07, 6.45) is 10.5. The molecule has 4 aliphatic rings. The second-order valence-electron chi connectivity index (χ2n) is 17.0. The number of ketones is 1. The SMILES string of the molecule is C/C=C1\C[C@H]2C=Nc3cc(OCc4cc(OCCN(CCCC(C)=O)CCOCCOCCOC)cc(COc5cc6c(cc5OC)C(=O)N5C/C(=C/C)C[C@H]5C=N6)n4)c(OC)cc3C(=O)N2C1. The summed E-state index contributed by atoms with van der Waals surface area (Å²) in [4.78, 5) is 59.5. The number of Topliss-reactive ketones (excluding diaryl/α,β-unsaturated/α-hetero) is 1. The second-order valence-corrected chi connectivity index (χ2v) is 17.0. The van der Waals surface area contributed by atoms with E-state index in [1.54, 1.807) is 38.3 Å². The molecule has 2 amide bonds. The highest BCUT2D eigenvalue weighted by Gasteiger charge is 2.36. The molecule has 0 N–H and O–H groups in total. The molecule has 4 aliphatic heterocycles. The molecule has 0 aliphatic carbocycles. The fraction of sp³-hybridized carbons (Fsp3) is 0.490. The zero-order valence-corrected chi connectivity index (χ0v) is 40.1. The van der Waals surface area contributed by atoms with Gasteiger partial charge in [-0.1, -0.05) is 23.3 Å². The Hall–Kier alpha value is -6.14. The maximum absolute atomic E-state index is 13.7. The molecule has 17 heteroatoms. The lowest BCUT2D eigenvalue weighted by atomic mass is 10.1. The Morgan fingerprint density at radius 2 is 1.18 bits per heavy atom. The van der Waals surface area contributed by atoms with Crippen molar-refractivity contribution >= 4 is 41.4 Å². The van der Waals surface area contributed by atoms with E-state index in [0.717, 1.165) is 19.3 Å². The molecule has 0 spiro atoms. The number of amides is 2. The average Bonchev–Trinajstić information content (AvgIpc) is 3.91. The monoisotopic (exact) mass is 936 g/mol. The van der Waals surface area contributed by atoms with Crippen LogP contribution in [0.3, 0.4) is 0 Å². The number of pyridine rings is 1. The molecule has 2 fully saturated rings. The normalized spacial score (nSPS) is 18.4. The smallest absolute Gasteiger partial charge is 0.257 e. The zero-order valence-electron chi connectivity index (χ0n) is 40.1. The lowest BCUT2D eigenvalue weighted by molar-refractivity contribution is -0.117. The van der Waals surface area contributed by atoms with Crippen molar-refractivity contribution in [3.8, 4) is 28.7 Å². The number of ether oxygens (including phenoxy) is 8. The molecule has 2 aromatic carbocycles. The van der Waals surface area contributed by atoms with Crippen molar-refractivity contribution in [2.75, 3.05) is 93.7 Å². The Labute approximate surface area is 398 Å². The Morgan fingerprint density at radius 1 is 0.662 bits per heavy atom. The van der Waals surface area contributed by atoms with Crippen LogP contribution in [0.15, 0.2) is 69.7 Å². The number of hydrogen-bond acceptors (Lipinski definition) is 15. The van der Waals surface area contributed by atoms with Gasteiger partial charge in [0.05, 0.1) is 93.2 Å². The molecule has 2 saturated heterocycles. The third kappa shape index (κ3) is 12.7. The molecule has 3 aromatic rings. The zero-order chi connectivity index (χ0) is 48.0. The molecular formula is C51H64N6O11. The predicted octanol–water partition coefficient (Wildman–Crippen LogP) is 6.74. The van der Waals surface area contributed by atoms with Crippen molar-refractivity contribution in [2.24, 2.45) is 9.98 Å². The first-order chi connectivity index (χ1) is 33.1. The Bertz CT molecular complexity index is 2260. The van der Waals surface area contributed by atoms with Gasteiger partial charge in [0.1, 0.15) is 31.4 Å². The number of carbonyl (C=O) groups excluding carboxylic acids is 3. The van der Waals surface area contributed by atoms with E-state index in [2.05, 4.69) is 17.1 Å². The van der Waals surface area contributed by atoms with E-state index in [1.807, 2.05) is 48.2 Å². The van der Waals surface area contributed by atoms with Crippen molar-refractivity contribution in [1.82, 2.24) is 19.7 Å². The van der Waals surface area contributed by atoms with Crippen LogP contribution < -0.4 is 23.7 Å². The minimum Gasteiger partial charge on any atom is -0.493 e. The third-order valence-electron chi connectivity index (χ3n) is 12.3. The van der Waals surface area contributed by atoms with Crippen LogP contribution in [0, 0.1) is 0 Å². The molecular weight excluding hydrogens is 873 g/mol. The quantitative estimate of drug-likeness (QED) is 0.0647. The van der Waals surface area contributed by atoms with E-state index >= 15 is 0 Å². The number of aromatic nitrogens is 1. The summed E-state index contributed by atoms with van der Waals surface area (Å²) in [5, 5.41) is 0. The Kier molecular flexibility index (Phi) is 17.7. The summed E-state index contributed by atoms with van der Waals surface area (Å²) in [6.45, 7) is 11.5. The molecule has 17 nitrogen and oxygen atoms in total. The minimum atomic E-state index is -0.119. The maximum Gasteiger partial charge on any atom is 0.257 e. The van der Waals surface area contributed by atoms with Crippen LogP contribution in [0.25, 0.3) is 0 Å². The first-order valence-corrected chi connectivity index (χ1v) is 23.3. The van der Waals surface area contributed by atoms with Gasteiger partial charge in [-0.2, -0.15) is 0 Å². The van der Waals surface area contributed by atoms with Crippen LogP contribution >= 0.6 is 0 Å². The van der Waals surface area contributed by atoms with Crippen LogP contribution in [-0.2, 0) is 32.2 Å². The van der Waals surface area contributed by atoms with Crippen molar-refractivity contribution < 1.29 is 52.3 Å². The fourth-order valence-electron chi connectivity index (χ4n) is 8.52. The summed E-state index contributed by atoms with van der Waals surface area (Å²) in [5.41, 5.74) is 5.37. The topological polar surface area (TPSA) is 172 Å². The summed E-state index contributed by atoms with van der Waals surface area (Å²) in [7, 11) is 4.71. The van der Waals surface area contributed by atoms with Crippen LogP contribution in [0.4, 0.5) is 11.4 Å². The molecule has 2 atom stereocenters. The lowest BCUT2D eigenvalue weighted by Crippen LogP contribution is -2.35. The van der Waals surface area contributed by atoms with E-state index < -0.39 is 0 Å². The molecule has 7 rings (SSSR count). The number of nitrogens with zero attached hydrogens (tertiary/aromatic N) is 6. The van der Waals surface area contributed by atoms with Crippen molar-refractivity contribution in [3.05, 3.63) is 82.2 Å². The number of benzene rings is 2. The van der Waals surface area contributed by atoms with E-state index in [9.17, 15) is 14.4 Å². The van der Waals surface area contributed by atoms with Gasteiger partial charge < -0.3 is 52.5 Å². The summed E-state index contributed by atoms with van der Waals surface area (Å²) in [5.74, 6) is 2.04. The molecule has 0 radical (unpaired) electrons. The highest BCUT2D eigenvalue weighted by Crippen LogP contribution is 2.41. The van der Waals surface area contributed by atoms with Crippen molar-refractivity contribution in [3.63, 3.8) is 0 Å². The summed E-state index contributed by atoms with van der Waals surface area (Å²) >= 11 is 0. The molecule has 364 valence electrons.